The summed E-state index contributed by atoms with van der Waals surface area (Å²) < 4.78 is 6.04. The number of hydrogen-bond acceptors (Lipinski definition) is 6. The Morgan fingerprint density at radius 2 is 1.85 bits per heavy atom. The molecule has 5 nitrogen and oxygen atoms in total. The van der Waals surface area contributed by atoms with Crippen molar-refractivity contribution < 1.29 is 4.74 Å². The van der Waals surface area contributed by atoms with Crippen LogP contribution in [0.3, 0.4) is 0 Å². The molecule has 2 aromatic carbocycles. The number of ether oxygens (including phenoxy) is 1. The molecule has 0 aromatic heterocycles. The van der Waals surface area contributed by atoms with E-state index in [1.165, 1.54) is 21.6 Å². The van der Waals surface area contributed by atoms with Crippen molar-refractivity contribution in [1.29, 1.82) is 5.41 Å². The average molecular weight is 465 g/mol. The number of aliphatic imine (C=N–C) groups is 1. The molecule has 1 aliphatic heterocycles. The molecule has 0 fully saturated rings. The third-order valence-corrected chi connectivity index (χ3v) is 6.74. The lowest BCUT2D eigenvalue weighted by Crippen LogP contribution is -2.33. The largest absolute Gasteiger partial charge is 0.468 e. The second kappa shape index (κ2) is 11.0. The van der Waals surface area contributed by atoms with Crippen LogP contribution in [0.5, 0.6) is 0 Å². The quantitative estimate of drug-likeness (QED) is 0.303. The zero-order chi connectivity index (χ0) is 24.1. The van der Waals surface area contributed by atoms with Crippen LogP contribution in [-0.4, -0.2) is 48.5 Å². The minimum atomic E-state index is -0.330. The molecule has 33 heavy (non-hydrogen) atoms. The summed E-state index contributed by atoms with van der Waals surface area (Å²) in [5, 5.41) is 12.2. The van der Waals surface area contributed by atoms with Gasteiger partial charge in [0.2, 0.25) is 5.90 Å². The zero-order valence-electron chi connectivity index (χ0n) is 20.8. The lowest BCUT2D eigenvalue weighted by Gasteiger charge is -2.30. The maximum absolute atomic E-state index is 8.47. The van der Waals surface area contributed by atoms with E-state index in [4.69, 9.17) is 15.1 Å². The number of allylic oxidation sites excluding steroid dienone is 1. The fourth-order valence-corrected chi connectivity index (χ4v) is 4.85. The molecule has 1 heterocycles. The van der Waals surface area contributed by atoms with Crippen molar-refractivity contribution in [3.8, 4) is 0 Å². The van der Waals surface area contributed by atoms with Crippen LogP contribution in [0.25, 0.3) is 0 Å². The monoisotopic (exact) mass is 464 g/mol. The summed E-state index contributed by atoms with van der Waals surface area (Å²) in [4.78, 5) is 8.54. The highest BCUT2D eigenvalue weighted by Crippen LogP contribution is 2.28. The molecule has 0 aliphatic carbocycles. The zero-order valence-corrected chi connectivity index (χ0v) is 21.6. The minimum absolute atomic E-state index is 0.162. The van der Waals surface area contributed by atoms with Gasteiger partial charge < -0.3 is 15.0 Å². The number of rotatable bonds is 8. The van der Waals surface area contributed by atoms with E-state index in [2.05, 4.69) is 63.2 Å². The smallest absolute Gasteiger partial charge is 0.213 e. The van der Waals surface area contributed by atoms with Gasteiger partial charge in [0.15, 0.2) is 0 Å². The van der Waals surface area contributed by atoms with E-state index in [0.29, 0.717) is 5.25 Å². The van der Waals surface area contributed by atoms with E-state index in [1.807, 2.05) is 50.0 Å². The van der Waals surface area contributed by atoms with Gasteiger partial charge in [0, 0.05) is 40.6 Å². The van der Waals surface area contributed by atoms with Crippen LogP contribution >= 0.6 is 11.8 Å². The summed E-state index contributed by atoms with van der Waals surface area (Å²) in [6.07, 6.45) is -0.330. The number of hydrogen-bond donors (Lipinski definition) is 2. The Morgan fingerprint density at radius 3 is 2.45 bits per heavy atom. The fraction of sp³-hybridized carbons (Fsp3) is 0.407. The van der Waals surface area contributed by atoms with Crippen molar-refractivity contribution in [2.24, 2.45) is 4.99 Å². The van der Waals surface area contributed by atoms with E-state index in [0.717, 1.165) is 35.8 Å². The summed E-state index contributed by atoms with van der Waals surface area (Å²) in [6, 6.07) is 14.5. The molecule has 0 saturated carbocycles. The van der Waals surface area contributed by atoms with E-state index < -0.39 is 0 Å². The van der Waals surface area contributed by atoms with Gasteiger partial charge in [0.25, 0.3) is 0 Å². The van der Waals surface area contributed by atoms with Gasteiger partial charge in [-0.15, -0.1) is 11.8 Å². The van der Waals surface area contributed by atoms with Crippen LogP contribution in [0.1, 0.15) is 49.9 Å². The van der Waals surface area contributed by atoms with Crippen LogP contribution < -0.4 is 5.32 Å². The van der Waals surface area contributed by atoms with Crippen LogP contribution in [0.4, 0.5) is 0 Å². The minimum Gasteiger partial charge on any atom is -0.468 e. The number of benzene rings is 2. The van der Waals surface area contributed by atoms with Gasteiger partial charge in [-0.3, -0.25) is 5.41 Å². The van der Waals surface area contributed by atoms with Gasteiger partial charge in [0.1, 0.15) is 6.10 Å². The van der Waals surface area contributed by atoms with Gasteiger partial charge in [-0.1, -0.05) is 32.0 Å². The second-order valence-electron chi connectivity index (χ2n) is 8.85. The molecule has 2 N–H and O–H groups in total. The molecule has 1 aliphatic rings. The lowest BCUT2D eigenvalue weighted by molar-refractivity contribution is 0.234. The average Bonchev–Trinajstić information content (AvgIpc) is 2.76. The fourth-order valence-electron chi connectivity index (χ4n) is 3.92. The summed E-state index contributed by atoms with van der Waals surface area (Å²) in [5.41, 5.74) is 7.33. The third-order valence-electron chi connectivity index (χ3n) is 5.74. The predicted molar refractivity (Wildman–Crippen MR) is 141 cm³/mol. The first-order valence-electron chi connectivity index (χ1n) is 11.5. The number of nitrogens with one attached hydrogen (secondary N) is 2. The molecule has 3 rings (SSSR count). The Morgan fingerprint density at radius 1 is 1.15 bits per heavy atom. The Balaban J connectivity index is 1.81. The van der Waals surface area contributed by atoms with Crippen molar-refractivity contribution in [2.75, 3.05) is 20.6 Å². The molecule has 0 saturated heterocycles. The normalized spacial score (nSPS) is 15.0. The molecule has 0 radical (unpaired) electrons. The number of nitrogens with zero attached hydrogens (tertiary/aromatic N) is 2. The first kappa shape index (κ1) is 25.1. The van der Waals surface area contributed by atoms with Crippen molar-refractivity contribution in [3.05, 3.63) is 76.1 Å². The van der Waals surface area contributed by atoms with Crippen molar-refractivity contribution in [2.45, 2.75) is 57.4 Å². The van der Waals surface area contributed by atoms with Gasteiger partial charge in [-0.25, -0.2) is 4.99 Å². The van der Waals surface area contributed by atoms with Crippen molar-refractivity contribution in [1.82, 2.24) is 10.2 Å². The van der Waals surface area contributed by atoms with Crippen LogP contribution in [0, 0.1) is 12.3 Å². The highest BCUT2D eigenvalue weighted by molar-refractivity contribution is 7.99. The van der Waals surface area contributed by atoms with Crippen molar-refractivity contribution in [3.63, 3.8) is 0 Å². The standard InChI is InChI=1S/C27H36N4OS/c1-17(2)33-23-12-13-24(18(3)14-23)25-16-31(7)19(4)26(30-25)20(5)32-27(28)22-10-8-21(9-11-22)15-29-6/h8-14,17,20,28-29H,15-16H2,1-7H3. The SMILES string of the molecule is CNCc1ccc(C(=N)OC(C)C2=C(C)N(C)CC(c3ccc(SC(C)C)cc3C)=N2)cc1. The van der Waals surface area contributed by atoms with Gasteiger partial charge in [0.05, 0.1) is 18.0 Å². The van der Waals surface area contributed by atoms with Crippen LogP contribution in [0.2, 0.25) is 0 Å². The predicted octanol–water partition coefficient (Wildman–Crippen LogP) is 5.61. The van der Waals surface area contributed by atoms with Crippen molar-refractivity contribution >= 4 is 23.4 Å². The molecule has 0 amide bonds. The van der Waals surface area contributed by atoms with Crippen LogP contribution in [0.15, 0.2) is 63.7 Å². The molecule has 2 aromatic rings. The molecule has 6 heteroatoms. The van der Waals surface area contributed by atoms with E-state index in [9.17, 15) is 0 Å². The Hall–Kier alpha value is -2.57. The van der Waals surface area contributed by atoms with E-state index in [-0.39, 0.29) is 12.0 Å². The summed E-state index contributed by atoms with van der Waals surface area (Å²) in [7, 11) is 4.01. The topological polar surface area (TPSA) is 60.7 Å². The molecule has 1 unspecified atom stereocenters. The number of likely N-dealkylation sites (N-methyl/N-ethyl adjacent to an activating group) is 1. The van der Waals surface area contributed by atoms with E-state index in [1.54, 1.807) is 0 Å². The highest BCUT2D eigenvalue weighted by atomic mass is 32.2. The maximum Gasteiger partial charge on any atom is 0.213 e. The summed E-state index contributed by atoms with van der Waals surface area (Å²) in [5.74, 6) is 0.162. The molecule has 0 spiro atoms. The maximum atomic E-state index is 8.47. The Labute approximate surface area is 202 Å². The van der Waals surface area contributed by atoms with Gasteiger partial charge in [-0.05, 0) is 63.2 Å². The van der Waals surface area contributed by atoms with Crippen LogP contribution in [-0.2, 0) is 11.3 Å². The summed E-state index contributed by atoms with van der Waals surface area (Å²) in [6.45, 7) is 12.2. The Kier molecular flexibility index (Phi) is 8.38. The second-order valence-corrected chi connectivity index (χ2v) is 10.5. The molecule has 0 bridgehead atoms. The highest BCUT2D eigenvalue weighted by Gasteiger charge is 2.24. The number of aryl methyl sites for hydroxylation is 1. The number of thioether (sulfide) groups is 1. The Bertz CT molecular complexity index is 1060. The molecule has 176 valence electrons. The van der Waals surface area contributed by atoms with E-state index >= 15 is 0 Å². The molecular weight excluding hydrogens is 428 g/mol. The lowest BCUT2D eigenvalue weighted by atomic mass is 10.0. The first-order valence-corrected chi connectivity index (χ1v) is 12.3. The van der Waals surface area contributed by atoms with Gasteiger partial charge in [-0.2, -0.15) is 0 Å². The third kappa shape index (κ3) is 6.27. The first-order chi connectivity index (χ1) is 15.7. The molecule has 1 atom stereocenters. The van der Waals surface area contributed by atoms with Gasteiger partial charge >= 0.3 is 0 Å². The molecular formula is C27H36N4OS. The summed E-state index contributed by atoms with van der Waals surface area (Å²) >= 11 is 1.88.